The molecule has 0 aromatic heterocycles. The fourth-order valence-electron chi connectivity index (χ4n) is 0.784. The summed E-state index contributed by atoms with van der Waals surface area (Å²) in [7, 11) is 0. The maximum atomic E-state index is 10.5. The van der Waals surface area contributed by atoms with Crippen molar-refractivity contribution >= 4 is 5.97 Å². The lowest BCUT2D eigenvalue weighted by molar-refractivity contribution is -0.148. The summed E-state index contributed by atoms with van der Waals surface area (Å²) < 4.78 is 4.69. The molecule has 0 aliphatic heterocycles. The molecule has 1 aromatic rings. The highest BCUT2D eigenvalue weighted by Gasteiger charge is 1.98. The number of carbonyl (C=O) groups excluding carboxylic acids is 1. The molecule has 1 rings (SSSR count). The number of benzene rings is 1. The van der Waals surface area contributed by atoms with Crippen LogP contribution in [0.2, 0.25) is 0 Å². The molecule has 0 amide bonds. The second-order valence-electron chi connectivity index (χ2n) is 2.30. The highest BCUT2D eigenvalue weighted by atomic mass is 16.6. The zero-order valence-corrected chi connectivity index (χ0v) is 6.56. The molecule has 0 spiro atoms. The van der Waals surface area contributed by atoms with Crippen LogP contribution in [0, 0.1) is 0 Å². The Morgan fingerprint density at radius 2 is 2.00 bits per heavy atom. The summed E-state index contributed by atoms with van der Waals surface area (Å²) in [6.45, 7) is -0.340. The summed E-state index contributed by atoms with van der Waals surface area (Å²) in [6.07, 6.45) is 0. The third-order valence-electron chi connectivity index (χ3n) is 1.37. The Labute approximate surface area is 70.6 Å². The molecule has 1 aromatic carbocycles. The molecule has 0 saturated heterocycles. The van der Waals surface area contributed by atoms with E-state index in [2.05, 4.69) is 4.74 Å². The third-order valence-corrected chi connectivity index (χ3v) is 1.37. The normalized spacial score (nSPS) is 9.42. The van der Waals surface area contributed by atoms with Crippen LogP contribution in [-0.2, 0) is 16.1 Å². The van der Waals surface area contributed by atoms with Gasteiger partial charge in [0.05, 0.1) is 0 Å². The van der Waals surface area contributed by atoms with Gasteiger partial charge in [0.15, 0.2) is 0 Å². The van der Waals surface area contributed by atoms with Gasteiger partial charge in [-0.3, -0.25) is 0 Å². The first-order valence-electron chi connectivity index (χ1n) is 3.63. The van der Waals surface area contributed by atoms with Gasteiger partial charge in [-0.1, -0.05) is 30.3 Å². The summed E-state index contributed by atoms with van der Waals surface area (Å²) in [5.74, 6) is -0.598. The molecule has 0 saturated carbocycles. The molecule has 0 fully saturated rings. The predicted molar refractivity (Wildman–Crippen MR) is 43.3 cm³/mol. The van der Waals surface area contributed by atoms with Gasteiger partial charge in [0.2, 0.25) is 0 Å². The van der Waals surface area contributed by atoms with Crippen molar-refractivity contribution in [1.82, 2.24) is 0 Å². The number of rotatable bonds is 3. The average molecular weight is 168 g/mol. The van der Waals surface area contributed by atoms with Gasteiger partial charge in [-0.05, 0) is 5.56 Å². The van der Waals surface area contributed by atoms with Gasteiger partial charge in [0.25, 0.3) is 0 Å². The number of hydrogen-bond acceptors (Lipinski definition) is 3. The number of esters is 1. The number of ether oxygens (including phenoxy) is 1. The van der Waals surface area contributed by atoms with E-state index >= 15 is 0 Å². The largest absolute Gasteiger partial charge is 0.459 e. The van der Waals surface area contributed by atoms with E-state index in [4.69, 9.17) is 5.11 Å². The molecule has 0 bridgehead atoms. The summed E-state index contributed by atoms with van der Waals surface area (Å²) in [5.41, 5.74) is 0.916. The highest BCUT2D eigenvalue weighted by molar-refractivity contribution is 5.70. The molecule has 0 aliphatic rings. The summed E-state index contributed by atoms with van der Waals surface area (Å²) in [6, 6.07) is 9.32. The van der Waals surface area contributed by atoms with E-state index in [0.717, 1.165) is 5.56 Å². The van der Waals surface area contributed by atoms with Gasteiger partial charge in [0, 0.05) is 0 Å². The van der Waals surface area contributed by atoms with Crippen molar-refractivity contribution in [2.45, 2.75) is 6.61 Å². The van der Waals surface area contributed by atoms with Crippen LogP contribution in [-0.4, -0.2) is 17.7 Å². The van der Waals surface area contributed by atoms with E-state index in [0.29, 0.717) is 0 Å². The Bertz CT molecular complexity index is 243. The lowest BCUT2D eigenvalue weighted by Crippen LogP contribution is -2.08. The quantitative estimate of drug-likeness (QED) is 0.534. The van der Waals surface area contributed by atoms with Gasteiger partial charge in [-0.2, -0.15) is 0 Å². The zero-order chi connectivity index (χ0) is 8.81. The molecular formula is C9H10O3. The van der Waals surface area contributed by atoms with Gasteiger partial charge in [-0.25, -0.2) is 4.79 Å². The van der Waals surface area contributed by atoms with Gasteiger partial charge in [0.1, 0.15) is 13.2 Å². The maximum Gasteiger partial charge on any atom is 0.332 e. The SMILES string of the molecule is O=[13C]([13CH2]O)OCc1ccccc1. The van der Waals surface area contributed by atoms with E-state index in [1.54, 1.807) is 0 Å². The predicted octanol–water partition coefficient (Wildman–Crippen LogP) is 0.722. The van der Waals surface area contributed by atoms with Crippen LogP contribution in [0.1, 0.15) is 5.56 Å². The van der Waals surface area contributed by atoms with Crippen molar-refractivity contribution in [3.8, 4) is 0 Å². The molecular weight excluding hydrogens is 158 g/mol. The van der Waals surface area contributed by atoms with Crippen molar-refractivity contribution in [1.29, 1.82) is 0 Å². The molecule has 0 radical (unpaired) electrons. The van der Waals surface area contributed by atoms with E-state index in [-0.39, 0.29) is 6.61 Å². The van der Waals surface area contributed by atoms with Crippen molar-refractivity contribution in [2.24, 2.45) is 0 Å². The van der Waals surface area contributed by atoms with Crippen molar-refractivity contribution < 1.29 is 14.6 Å². The van der Waals surface area contributed by atoms with Crippen molar-refractivity contribution in [2.75, 3.05) is 6.61 Å². The lowest BCUT2D eigenvalue weighted by Gasteiger charge is -2.01. The van der Waals surface area contributed by atoms with Crippen LogP contribution < -0.4 is 0 Å². The summed E-state index contributed by atoms with van der Waals surface area (Å²) >= 11 is 0. The Kier molecular flexibility index (Phi) is 3.29. The number of aliphatic hydroxyl groups excluding tert-OH is 1. The van der Waals surface area contributed by atoms with E-state index < -0.39 is 12.6 Å². The van der Waals surface area contributed by atoms with Gasteiger partial charge in [-0.15, -0.1) is 0 Å². The van der Waals surface area contributed by atoms with Crippen molar-refractivity contribution in [3.05, 3.63) is 35.9 Å². The van der Waals surface area contributed by atoms with Gasteiger partial charge >= 0.3 is 5.97 Å². The second-order valence-corrected chi connectivity index (χ2v) is 2.30. The molecule has 0 unspecified atom stereocenters. The zero-order valence-electron chi connectivity index (χ0n) is 6.56. The monoisotopic (exact) mass is 168 g/mol. The Hall–Kier alpha value is -1.35. The molecule has 12 heavy (non-hydrogen) atoms. The standard InChI is InChI=1S/C9H10O3/c10-6-9(11)12-7-8-4-2-1-3-5-8/h1-5,10H,6-7H2/i6+1,9+1. The minimum atomic E-state index is -0.598. The Morgan fingerprint density at radius 1 is 1.33 bits per heavy atom. The maximum absolute atomic E-state index is 10.5. The molecule has 0 aliphatic carbocycles. The first-order valence-corrected chi connectivity index (χ1v) is 3.63. The van der Waals surface area contributed by atoms with Crippen LogP contribution in [0.25, 0.3) is 0 Å². The Balaban J connectivity index is 2.38. The first kappa shape index (κ1) is 8.74. The minimum Gasteiger partial charge on any atom is -0.459 e. The van der Waals surface area contributed by atoms with Crippen LogP contribution >= 0.6 is 0 Å². The molecule has 0 heterocycles. The fraction of sp³-hybridized carbons (Fsp3) is 0.222. The number of hydrogen-bond donors (Lipinski definition) is 1. The van der Waals surface area contributed by atoms with Crippen LogP contribution in [0.5, 0.6) is 0 Å². The highest BCUT2D eigenvalue weighted by Crippen LogP contribution is 1.99. The topological polar surface area (TPSA) is 46.5 Å². The Morgan fingerprint density at radius 3 is 2.58 bits per heavy atom. The second kappa shape index (κ2) is 4.51. The average Bonchev–Trinajstić information content (AvgIpc) is 2.16. The van der Waals surface area contributed by atoms with Crippen molar-refractivity contribution in [3.63, 3.8) is 0 Å². The molecule has 3 nitrogen and oxygen atoms in total. The molecule has 0 atom stereocenters. The number of carbonyl (C=O) groups is 1. The third kappa shape index (κ3) is 2.72. The summed E-state index contributed by atoms with van der Waals surface area (Å²) in [4.78, 5) is 10.5. The van der Waals surface area contributed by atoms with Crippen LogP contribution in [0.3, 0.4) is 0 Å². The lowest BCUT2D eigenvalue weighted by atomic mass is 10.2. The fourth-order valence-corrected chi connectivity index (χ4v) is 0.784. The number of aliphatic hydroxyl groups is 1. The minimum absolute atomic E-state index is 0.222. The molecule has 64 valence electrons. The molecule has 3 heteroatoms. The van der Waals surface area contributed by atoms with Crippen LogP contribution in [0.4, 0.5) is 0 Å². The van der Waals surface area contributed by atoms with E-state index in [1.807, 2.05) is 30.3 Å². The van der Waals surface area contributed by atoms with E-state index in [1.165, 1.54) is 0 Å². The molecule has 1 N–H and O–H groups in total. The first-order chi connectivity index (χ1) is 5.83. The van der Waals surface area contributed by atoms with Gasteiger partial charge < -0.3 is 9.84 Å². The summed E-state index contributed by atoms with van der Waals surface area (Å²) in [5, 5.41) is 8.34. The van der Waals surface area contributed by atoms with E-state index in [9.17, 15) is 4.79 Å². The smallest absolute Gasteiger partial charge is 0.332 e. The van der Waals surface area contributed by atoms with Crippen LogP contribution in [0.15, 0.2) is 30.3 Å².